The number of rotatable bonds is 6. The van der Waals surface area contributed by atoms with Gasteiger partial charge in [0.2, 0.25) is 16.8 Å². The molecule has 2 aromatic rings. The molecule has 0 fully saturated rings. The first-order valence-electron chi connectivity index (χ1n) is 7.58. The summed E-state index contributed by atoms with van der Waals surface area (Å²) in [4.78, 5) is 0.0157. The van der Waals surface area contributed by atoms with Crippen LogP contribution in [0, 0.1) is 0 Å². The highest BCUT2D eigenvalue weighted by molar-refractivity contribution is 7.89. The Labute approximate surface area is 146 Å². The summed E-state index contributed by atoms with van der Waals surface area (Å²) in [6.45, 7) is 1.92. The number of sulfonamides is 1. The molecule has 0 spiro atoms. The summed E-state index contributed by atoms with van der Waals surface area (Å²) in [7, 11) is -0.932. The van der Waals surface area contributed by atoms with E-state index in [2.05, 4.69) is 4.72 Å². The lowest BCUT2D eigenvalue weighted by molar-refractivity contribution is 0.174. The van der Waals surface area contributed by atoms with Gasteiger partial charge in [0, 0.05) is 12.1 Å². The van der Waals surface area contributed by atoms with Gasteiger partial charge in [0.25, 0.3) is 0 Å². The van der Waals surface area contributed by atoms with Gasteiger partial charge < -0.3 is 18.9 Å². The molecule has 0 amide bonds. The predicted octanol–water partition coefficient (Wildman–Crippen LogP) is 2.47. The molecule has 7 nitrogen and oxygen atoms in total. The summed E-state index contributed by atoms with van der Waals surface area (Å²) in [6, 6.07) is 9.46. The van der Waals surface area contributed by atoms with Crippen molar-refractivity contribution in [2.75, 3.05) is 21.0 Å². The number of fused-ring (bicyclic) bond motifs is 1. The fourth-order valence-corrected chi connectivity index (χ4v) is 3.96. The Hall–Kier alpha value is -2.45. The summed E-state index contributed by atoms with van der Waals surface area (Å²) in [5.41, 5.74) is 0.759. The molecule has 3 rings (SSSR count). The van der Waals surface area contributed by atoms with Gasteiger partial charge in [-0.3, -0.25) is 0 Å². The van der Waals surface area contributed by atoms with E-state index >= 15 is 0 Å². The van der Waals surface area contributed by atoms with E-state index in [-0.39, 0.29) is 17.4 Å². The van der Waals surface area contributed by atoms with Crippen molar-refractivity contribution >= 4 is 10.0 Å². The predicted molar refractivity (Wildman–Crippen MR) is 90.8 cm³/mol. The molecule has 1 heterocycles. The number of hydrogen-bond donors (Lipinski definition) is 1. The number of nitrogens with one attached hydrogen (secondary N) is 1. The summed E-state index contributed by atoms with van der Waals surface area (Å²) in [6.07, 6.45) is 0. The lowest BCUT2D eigenvalue weighted by Crippen LogP contribution is -2.27. The molecule has 0 aromatic heterocycles. The van der Waals surface area contributed by atoms with Gasteiger partial charge in [0.05, 0.1) is 14.2 Å². The van der Waals surface area contributed by atoms with Crippen molar-refractivity contribution in [1.82, 2.24) is 4.72 Å². The van der Waals surface area contributed by atoms with Gasteiger partial charge in [-0.05, 0) is 36.8 Å². The fourth-order valence-electron chi connectivity index (χ4n) is 2.54. The maximum absolute atomic E-state index is 12.8. The smallest absolute Gasteiger partial charge is 0.244 e. The molecule has 0 radical (unpaired) electrons. The third kappa shape index (κ3) is 3.49. The Morgan fingerprint density at radius 3 is 2.52 bits per heavy atom. The zero-order valence-electron chi connectivity index (χ0n) is 14.1. The van der Waals surface area contributed by atoms with Gasteiger partial charge in [-0.1, -0.05) is 6.07 Å². The molecule has 0 bridgehead atoms. The molecule has 8 heteroatoms. The van der Waals surface area contributed by atoms with Crippen molar-refractivity contribution in [1.29, 1.82) is 0 Å². The topological polar surface area (TPSA) is 83.1 Å². The highest BCUT2D eigenvalue weighted by Gasteiger charge is 2.24. The van der Waals surface area contributed by atoms with E-state index in [9.17, 15) is 8.42 Å². The first kappa shape index (κ1) is 17.4. The van der Waals surface area contributed by atoms with Gasteiger partial charge in [-0.25, -0.2) is 13.1 Å². The fraction of sp³-hybridized carbons (Fsp3) is 0.294. The van der Waals surface area contributed by atoms with E-state index in [0.717, 1.165) is 5.56 Å². The molecule has 0 aliphatic carbocycles. The van der Waals surface area contributed by atoms with Gasteiger partial charge in [0.15, 0.2) is 11.5 Å². The lowest BCUT2D eigenvalue weighted by Gasteiger charge is -2.17. The molecule has 1 aliphatic rings. The van der Waals surface area contributed by atoms with E-state index in [1.807, 2.05) is 0 Å². The maximum Gasteiger partial charge on any atom is 0.244 e. The van der Waals surface area contributed by atoms with Crippen molar-refractivity contribution in [2.24, 2.45) is 0 Å². The highest BCUT2D eigenvalue weighted by Crippen LogP contribution is 2.35. The quantitative estimate of drug-likeness (QED) is 0.847. The van der Waals surface area contributed by atoms with Crippen LogP contribution in [0.5, 0.6) is 23.0 Å². The van der Waals surface area contributed by atoms with E-state index in [0.29, 0.717) is 17.2 Å². The normalized spacial score (nSPS) is 14.2. The Morgan fingerprint density at radius 1 is 1.04 bits per heavy atom. The first-order valence-corrected chi connectivity index (χ1v) is 9.07. The molecule has 1 N–H and O–H groups in total. The van der Waals surface area contributed by atoms with Gasteiger partial charge >= 0.3 is 0 Å². The van der Waals surface area contributed by atoms with E-state index in [1.54, 1.807) is 37.3 Å². The first-order chi connectivity index (χ1) is 11.9. The van der Waals surface area contributed by atoms with Crippen LogP contribution in [0.15, 0.2) is 41.3 Å². The van der Waals surface area contributed by atoms with Crippen LogP contribution < -0.4 is 23.7 Å². The second kappa shape index (κ2) is 6.81. The van der Waals surface area contributed by atoms with Crippen LogP contribution >= 0.6 is 0 Å². The van der Waals surface area contributed by atoms with Gasteiger partial charge in [0.1, 0.15) is 16.4 Å². The van der Waals surface area contributed by atoms with Crippen LogP contribution in [0.1, 0.15) is 18.5 Å². The van der Waals surface area contributed by atoms with Crippen molar-refractivity contribution in [3.8, 4) is 23.0 Å². The summed E-state index contributed by atoms with van der Waals surface area (Å²) in [5.74, 6) is 1.92. The average Bonchev–Trinajstić information content (AvgIpc) is 3.08. The Morgan fingerprint density at radius 2 is 1.80 bits per heavy atom. The number of benzene rings is 2. The molecule has 1 aliphatic heterocycles. The maximum atomic E-state index is 12.8. The monoisotopic (exact) mass is 365 g/mol. The molecule has 0 unspecified atom stereocenters. The van der Waals surface area contributed by atoms with E-state index < -0.39 is 16.1 Å². The number of ether oxygens (including phenoxy) is 4. The molecule has 0 saturated carbocycles. The standard InChI is InChI=1S/C17H19NO6S/c1-11(12-4-6-14-16(8-12)24-10-23-14)18-25(19,20)17-9-13(21-2)5-7-15(17)22-3/h4-9,11,18H,10H2,1-3H3/t11-/m0/s1. The number of methoxy groups -OCH3 is 2. The number of hydrogen-bond acceptors (Lipinski definition) is 6. The Balaban J connectivity index is 1.88. The molecule has 25 heavy (non-hydrogen) atoms. The Bertz CT molecular complexity index is 881. The molecular formula is C17H19NO6S. The highest BCUT2D eigenvalue weighted by atomic mass is 32.2. The van der Waals surface area contributed by atoms with Crippen LogP contribution in [-0.2, 0) is 10.0 Å². The van der Waals surface area contributed by atoms with Crippen molar-refractivity contribution < 1.29 is 27.4 Å². The van der Waals surface area contributed by atoms with Crippen molar-refractivity contribution in [3.63, 3.8) is 0 Å². The van der Waals surface area contributed by atoms with Crippen LogP contribution in [0.25, 0.3) is 0 Å². The van der Waals surface area contributed by atoms with Crippen LogP contribution in [0.2, 0.25) is 0 Å². The lowest BCUT2D eigenvalue weighted by atomic mass is 10.1. The van der Waals surface area contributed by atoms with E-state index in [4.69, 9.17) is 18.9 Å². The minimum atomic E-state index is -3.82. The van der Waals surface area contributed by atoms with Crippen LogP contribution in [-0.4, -0.2) is 29.4 Å². The van der Waals surface area contributed by atoms with Gasteiger partial charge in [-0.15, -0.1) is 0 Å². The molecule has 1 atom stereocenters. The largest absolute Gasteiger partial charge is 0.497 e. The summed E-state index contributed by atoms with van der Waals surface area (Å²) >= 11 is 0. The molecule has 2 aromatic carbocycles. The zero-order chi connectivity index (χ0) is 18.0. The third-order valence-electron chi connectivity index (χ3n) is 3.89. The van der Waals surface area contributed by atoms with Crippen LogP contribution in [0.4, 0.5) is 0 Å². The summed E-state index contributed by atoms with van der Waals surface area (Å²) < 4.78 is 49.1. The van der Waals surface area contributed by atoms with Crippen molar-refractivity contribution in [2.45, 2.75) is 17.9 Å². The van der Waals surface area contributed by atoms with Crippen LogP contribution in [0.3, 0.4) is 0 Å². The van der Waals surface area contributed by atoms with Crippen molar-refractivity contribution in [3.05, 3.63) is 42.0 Å². The molecule has 134 valence electrons. The Kier molecular flexibility index (Phi) is 4.73. The summed E-state index contributed by atoms with van der Waals surface area (Å²) in [5, 5.41) is 0. The zero-order valence-corrected chi connectivity index (χ0v) is 14.9. The molecular weight excluding hydrogens is 346 g/mol. The van der Waals surface area contributed by atoms with Gasteiger partial charge in [-0.2, -0.15) is 0 Å². The minimum Gasteiger partial charge on any atom is -0.497 e. The SMILES string of the molecule is COc1ccc(OC)c(S(=O)(=O)N[C@@H](C)c2ccc3c(c2)OCO3)c1. The second-order valence-electron chi connectivity index (χ2n) is 5.47. The minimum absolute atomic E-state index is 0.0157. The third-order valence-corrected chi connectivity index (χ3v) is 5.45. The second-order valence-corrected chi connectivity index (χ2v) is 7.15. The molecule has 0 saturated heterocycles. The van der Waals surface area contributed by atoms with E-state index in [1.165, 1.54) is 20.3 Å². The average molecular weight is 365 g/mol.